The van der Waals surface area contributed by atoms with Gasteiger partial charge in [0.25, 0.3) is 0 Å². The summed E-state index contributed by atoms with van der Waals surface area (Å²) in [4.78, 5) is 11.8. The average Bonchev–Trinajstić information content (AvgIpc) is 2.81. The zero-order chi connectivity index (χ0) is 12.2. The average molecular weight is 226 g/mol. The minimum atomic E-state index is -0.974. The normalized spacial score (nSPS) is 13.5. The van der Waals surface area contributed by atoms with Crippen LogP contribution in [0.1, 0.15) is 19.9 Å². The maximum absolute atomic E-state index is 11.8. The molecule has 1 atom stereocenters. The lowest BCUT2D eigenvalue weighted by molar-refractivity contribution is -0.126. The van der Waals surface area contributed by atoms with Crippen LogP contribution in [0.15, 0.2) is 24.5 Å². The molecule has 0 fully saturated rings. The van der Waals surface area contributed by atoms with Crippen molar-refractivity contribution in [1.29, 1.82) is 0 Å². The van der Waals surface area contributed by atoms with Crippen LogP contribution in [0.3, 0.4) is 0 Å². The van der Waals surface area contributed by atoms with Gasteiger partial charge in [-0.2, -0.15) is 0 Å². The number of amides is 1. The summed E-state index contributed by atoms with van der Waals surface area (Å²) < 4.78 is 1.75. The van der Waals surface area contributed by atoms with Gasteiger partial charge in [-0.3, -0.25) is 4.79 Å². The highest BCUT2D eigenvalue weighted by Crippen LogP contribution is 2.09. The molecule has 16 heavy (non-hydrogen) atoms. The third kappa shape index (κ3) is 2.84. The molecular formula is C11H18N2O3. The number of aromatic nitrogens is 1. The number of aliphatic hydroxyl groups excluding tert-OH is 2. The van der Waals surface area contributed by atoms with Gasteiger partial charge in [-0.25, -0.2) is 0 Å². The van der Waals surface area contributed by atoms with E-state index < -0.39 is 5.54 Å². The molecule has 1 amide bonds. The van der Waals surface area contributed by atoms with E-state index in [1.54, 1.807) is 30.8 Å². The molecule has 0 aliphatic carbocycles. The minimum absolute atomic E-state index is 0.234. The van der Waals surface area contributed by atoms with E-state index in [1.807, 2.05) is 12.1 Å². The first-order valence-corrected chi connectivity index (χ1v) is 5.18. The van der Waals surface area contributed by atoms with Crippen molar-refractivity contribution >= 4 is 5.91 Å². The third-order valence-corrected chi connectivity index (χ3v) is 2.58. The fraction of sp³-hybridized carbons (Fsp3) is 0.545. The van der Waals surface area contributed by atoms with Crippen molar-refractivity contribution in [2.45, 2.75) is 25.4 Å². The van der Waals surface area contributed by atoms with Crippen molar-refractivity contribution in [3.05, 3.63) is 24.5 Å². The Balaban J connectivity index is 2.65. The largest absolute Gasteiger partial charge is 0.394 e. The Kier molecular flexibility index (Phi) is 4.09. The molecule has 5 nitrogen and oxygen atoms in total. The van der Waals surface area contributed by atoms with Crippen LogP contribution < -0.4 is 5.32 Å². The first-order valence-electron chi connectivity index (χ1n) is 5.18. The molecule has 0 spiro atoms. The SMILES string of the molecule is C[C@@H](C(=O)NC(C)(CO)CO)n1cccc1. The quantitative estimate of drug-likeness (QED) is 0.657. The topological polar surface area (TPSA) is 74.5 Å². The molecule has 0 unspecified atom stereocenters. The summed E-state index contributed by atoms with van der Waals surface area (Å²) in [6.45, 7) is 2.75. The highest BCUT2D eigenvalue weighted by Gasteiger charge is 2.27. The fourth-order valence-electron chi connectivity index (χ4n) is 1.27. The van der Waals surface area contributed by atoms with Gasteiger partial charge >= 0.3 is 0 Å². The van der Waals surface area contributed by atoms with Crippen LogP contribution in [0.2, 0.25) is 0 Å². The number of aliphatic hydroxyl groups is 2. The molecule has 1 aromatic heterocycles. The molecule has 0 aromatic carbocycles. The summed E-state index contributed by atoms with van der Waals surface area (Å²) in [5.41, 5.74) is -0.974. The summed E-state index contributed by atoms with van der Waals surface area (Å²) >= 11 is 0. The van der Waals surface area contributed by atoms with E-state index in [1.165, 1.54) is 0 Å². The maximum atomic E-state index is 11.8. The van der Waals surface area contributed by atoms with Gasteiger partial charge in [0, 0.05) is 12.4 Å². The Morgan fingerprint density at radius 3 is 2.31 bits per heavy atom. The van der Waals surface area contributed by atoms with Crippen molar-refractivity contribution < 1.29 is 15.0 Å². The van der Waals surface area contributed by atoms with Gasteiger partial charge in [0.15, 0.2) is 0 Å². The van der Waals surface area contributed by atoms with E-state index in [0.29, 0.717) is 0 Å². The second-order valence-electron chi connectivity index (χ2n) is 4.17. The summed E-state index contributed by atoms with van der Waals surface area (Å²) in [7, 11) is 0. The highest BCUT2D eigenvalue weighted by atomic mass is 16.3. The van der Waals surface area contributed by atoms with Gasteiger partial charge in [-0.1, -0.05) is 0 Å². The Morgan fingerprint density at radius 1 is 1.38 bits per heavy atom. The molecule has 90 valence electrons. The molecule has 0 radical (unpaired) electrons. The van der Waals surface area contributed by atoms with Gasteiger partial charge in [0.1, 0.15) is 6.04 Å². The zero-order valence-corrected chi connectivity index (χ0v) is 9.55. The van der Waals surface area contributed by atoms with Crippen molar-refractivity contribution in [2.24, 2.45) is 0 Å². The van der Waals surface area contributed by atoms with Crippen molar-refractivity contribution in [3.8, 4) is 0 Å². The summed E-state index contributed by atoms with van der Waals surface area (Å²) in [5.74, 6) is -0.234. The fourth-order valence-corrected chi connectivity index (χ4v) is 1.27. The van der Waals surface area contributed by atoms with E-state index in [2.05, 4.69) is 5.32 Å². The Labute approximate surface area is 94.7 Å². The number of rotatable bonds is 5. The second kappa shape index (κ2) is 5.14. The number of hydrogen-bond donors (Lipinski definition) is 3. The number of nitrogens with one attached hydrogen (secondary N) is 1. The molecule has 3 N–H and O–H groups in total. The Morgan fingerprint density at radius 2 is 1.88 bits per heavy atom. The minimum Gasteiger partial charge on any atom is -0.394 e. The van der Waals surface area contributed by atoms with Crippen LogP contribution >= 0.6 is 0 Å². The van der Waals surface area contributed by atoms with Gasteiger partial charge < -0.3 is 20.1 Å². The predicted molar refractivity (Wildman–Crippen MR) is 59.9 cm³/mol. The van der Waals surface area contributed by atoms with Crippen LogP contribution in [0.25, 0.3) is 0 Å². The number of carbonyl (C=O) groups is 1. The van der Waals surface area contributed by atoms with Gasteiger partial charge in [0.05, 0.1) is 18.8 Å². The van der Waals surface area contributed by atoms with Crippen molar-refractivity contribution in [1.82, 2.24) is 9.88 Å². The van der Waals surface area contributed by atoms with Crippen molar-refractivity contribution in [2.75, 3.05) is 13.2 Å². The van der Waals surface area contributed by atoms with Gasteiger partial charge in [-0.05, 0) is 26.0 Å². The second-order valence-corrected chi connectivity index (χ2v) is 4.17. The van der Waals surface area contributed by atoms with E-state index in [9.17, 15) is 4.79 Å². The first-order chi connectivity index (χ1) is 7.52. The van der Waals surface area contributed by atoms with E-state index in [4.69, 9.17) is 10.2 Å². The lowest BCUT2D eigenvalue weighted by atomic mass is 10.0. The van der Waals surface area contributed by atoms with Crippen LogP contribution in [0.5, 0.6) is 0 Å². The predicted octanol–water partition coefficient (Wildman–Crippen LogP) is -0.0914. The molecule has 0 saturated carbocycles. The number of carbonyl (C=O) groups excluding carboxylic acids is 1. The molecule has 0 aliphatic heterocycles. The molecule has 0 saturated heterocycles. The van der Waals surface area contributed by atoms with Crippen LogP contribution in [-0.4, -0.2) is 39.4 Å². The van der Waals surface area contributed by atoms with E-state index in [-0.39, 0.29) is 25.2 Å². The standard InChI is InChI=1S/C11H18N2O3/c1-9(13-5-3-4-6-13)10(16)12-11(2,7-14)8-15/h3-6,9,14-15H,7-8H2,1-2H3,(H,12,16)/t9-/m0/s1. The number of nitrogens with zero attached hydrogens (tertiary/aromatic N) is 1. The third-order valence-electron chi connectivity index (χ3n) is 2.58. The molecule has 5 heteroatoms. The smallest absolute Gasteiger partial charge is 0.243 e. The Hall–Kier alpha value is -1.33. The summed E-state index contributed by atoms with van der Waals surface area (Å²) in [5, 5.41) is 20.8. The van der Waals surface area contributed by atoms with Crippen molar-refractivity contribution in [3.63, 3.8) is 0 Å². The molecule has 0 aliphatic rings. The zero-order valence-electron chi connectivity index (χ0n) is 9.55. The summed E-state index contributed by atoms with van der Waals surface area (Å²) in [6.07, 6.45) is 3.58. The van der Waals surface area contributed by atoms with E-state index in [0.717, 1.165) is 0 Å². The van der Waals surface area contributed by atoms with Crippen LogP contribution in [0, 0.1) is 0 Å². The van der Waals surface area contributed by atoms with Crippen LogP contribution in [-0.2, 0) is 4.79 Å². The molecule has 1 heterocycles. The lowest BCUT2D eigenvalue weighted by Crippen LogP contribution is -2.53. The monoisotopic (exact) mass is 226 g/mol. The molecule has 0 bridgehead atoms. The van der Waals surface area contributed by atoms with Crippen LogP contribution in [0.4, 0.5) is 0 Å². The van der Waals surface area contributed by atoms with Gasteiger partial charge in [0.2, 0.25) is 5.91 Å². The Bertz CT molecular complexity index is 331. The van der Waals surface area contributed by atoms with E-state index >= 15 is 0 Å². The molecule has 1 aromatic rings. The highest BCUT2D eigenvalue weighted by molar-refractivity contribution is 5.80. The maximum Gasteiger partial charge on any atom is 0.243 e. The lowest BCUT2D eigenvalue weighted by Gasteiger charge is -2.28. The molecular weight excluding hydrogens is 208 g/mol. The molecule has 1 rings (SSSR count). The summed E-state index contributed by atoms with van der Waals surface area (Å²) in [6, 6.07) is 3.30. The van der Waals surface area contributed by atoms with Gasteiger partial charge in [-0.15, -0.1) is 0 Å². The number of hydrogen-bond acceptors (Lipinski definition) is 3. The first kappa shape index (κ1) is 12.7.